The normalized spacial score (nSPS) is 11.9. The van der Waals surface area contributed by atoms with Gasteiger partial charge in [-0.1, -0.05) is 5.92 Å². The van der Waals surface area contributed by atoms with Crippen molar-refractivity contribution in [3.8, 4) is 12.3 Å². The molecule has 0 saturated carbocycles. The molecule has 0 fully saturated rings. The van der Waals surface area contributed by atoms with Gasteiger partial charge in [0.15, 0.2) is 11.6 Å². The molecule has 74 valence electrons. The monoisotopic (exact) mass is 199 g/mol. The highest BCUT2D eigenvalue weighted by Gasteiger charge is 2.12. The number of hydrogen-bond acceptors (Lipinski definition) is 1. The molecular formula is C10H8F3N. The topological polar surface area (TPSA) is 12.0 Å². The highest BCUT2D eigenvalue weighted by Crippen LogP contribution is 2.20. The lowest BCUT2D eigenvalue weighted by atomic mass is 10.2. The lowest BCUT2D eigenvalue weighted by Crippen LogP contribution is -2.14. The highest BCUT2D eigenvalue weighted by molar-refractivity contribution is 5.48. The first-order valence-electron chi connectivity index (χ1n) is 3.92. The van der Waals surface area contributed by atoms with Gasteiger partial charge >= 0.3 is 0 Å². The first-order chi connectivity index (χ1) is 6.54. The highest BCUT2D eigenvalue weighted by atomic mass is 19.1. The molecule has 0 aliphatic carbocycles. The van der Waals surface area contributed by atoms with E-state index in [1.807, 2.05) is 0 Å². The zero-order valence-electron chi connectivity index (χ0n) is 7.44. The Morgan fingerprint density at radius 3 is 2.21 bits per heavy atom. The minimum atomic E-state index is -0.996. The van der Waals surface area contributed by atoms with Crippen molar-refractivity contribution in [2.24, 2.45) is 0 Å². The van der Waals surface area contributed by atoms with E-state index in [-0.39, 0.29) is 0 Å². The predicted octanol–water partition coefficient (Wildman–Crippen LogP) is 2.54. The number of benzene rings is 1. The quantitative estimate of drug-likeness (QED) is 0.722. The van der Waals surface area contributed by atoms with E-state index in [4.69, 9.17) is 6.42 Å². The van der Waals surface area contributed by atoms with Crippen molar-refractivity contribution in [1.82, 2.24) is 0 Å². The van der Waals surface area contributed by atoms with Crippen LogP contribution in [0.25, 0.3) is 0 Å². The van der Waals surface area contributed by atoms with Crippen molar-refractivity contribution in [1.29, 1.82) is 0 Å². The lowest BCUT2D eigenvalue weighted by molar-refractivity contribution is 0.546. The Hall–Kier alpha value is -1.63. The minimum Gasteiger partial charge on any atom is -0.367 e. The molecule has 14 heavy (non-hydrogen) atoms. The molecule has 1 unspecified atom stereocenters. The summed E-state index contributed by atoms with van der Waals surface area (Å²) < 4.78 is 38.5. The molecule has 0 spiro atoms. The van der Waals surface area contributed by atoms with E-state index >= 15 is 0 Å². The van der Waals surface area contributed by atoms with Crippen molar-refractivity contribution >= 4 is 5.69 Å². The van der Waals surface area contributed by atoms with Gasteiger partial charge in [-0.25, -0.2) is 13.2 Å². The Balaban J connectivity index is 3.04. The fourth-order valence-corrected chi connectivity index (χ4v) is 0.938. The first-order valence-corrected chi connectivity index (χ1v) is 3.92. The third-order valence-electron chi connectivity index (χ3n) is 1.62. The predicted molar refractivity (Wildman–Crippen MR) is 48.2 cm³/mol. The van der Waals surface area contributed by atoms with Crippen LogP contribution in [0.1, 0.15) is 6.92 Å². The smallest absolute Gasteiger partial charge is 0.152 e. The third-order valence-corrected chi connectivity index (χ3v) is 1.62. The second-order valence-corrected chi connectivity index (χ2v) is 2.78. The largest absolute Gasteiger partial charge is 0.367 e. The van der Waals surface area contributed by atoms with E-state index in [1.165, 1.54) is 0 Å². The summed E-state index contributed by atoms with van der Waals surface area (Å²) in [6.45, 7) is 1.56. The summed E-state index contributed by atoms with van der Waals surface area (Å²) in [5, 5.41) is 2.40. The van der Waals surface area contributed by atoms with Gasteiger partial charge in [0.05, 0.1) is 6.04 Å². The zero-order chi connectivity index (χ0) is 10.7. The van der Waals surface area contributed by atoms with Gasteiger partial charge < -0.3 is 5.32 Å². The van der Waals surface area contributed by atoms with E-state index in [2.05, 4.69) is 11.2 Å². The number of anilines is 1. The van der Waals surface area contributed by atoms with Crippen LogP contribution in [-0.2, 0) is 0 Å². The van der Waals surface area contributed by atoms with Crippen LogP contribution < -0.4 is 5.32 Å². The van der Waals surface area contributed by atoms with Gasteiger partial charge in [-0.05, 0) is 6.92 Å². The van der Waals surface area contributed by atoms with Crippen LogP contribution in [0, 0.1) is 29.8 Å². The second-order valence-electron chi connectivity index (χ2n) is 2.78. The first kappa shape index (κ1) is 10.5. The van der Waals surface area contributed by atoms with E-state index in [0.29, 0.717) is 12.1 Å². The van der Waals surface area contributed by atoms with Gasteiger partial charge in [0.2, 0.25) is 0 Å². The van der Waals surface area contributed by atoms with E-state index in [9.17, 15) is 13.2 Å². The maximum Gasteiger partial charge on any atom is 0.152 e. The van der Waals surface area contributed by atoms with Crippen LogP contribution >= 0.6 is 0 Å². The van der Waals surface area contributed by atoms with E-state index in [1.54, 1.807) is 6.92 Å². The molecule has 0 aromatic heterocycles. The molecule has 0 bridgehead atoms. The van der Waals surface area contributed by atoms with Gasteiger partial charge in [0, 0.05) is 12.1 Å². The molecule has 1 rings (SSSR count). The summed E-state index contributed by atoms with van der Waals surface area (Å²) in [7, 11) is 0. The number of hydrogen-bond donors (Lipinski definition) is 1. The summed E-state index contributed by atoms with van der Waals surface area (Å²) >= 11 is 0. The summed E-state index contributed by atoms with van der Waals surface area (Å²) in [4.78, 5) is 0. The molecule has 1 aromatic rings. The van der Waals surface area contributed by atoms with E-state index < -0.39 is 29.2 Å². The number of halogens is 3. The molecule has 0 saturated heterocycles. The van der Waals surface area contributed by atoms with Crippen LogP contribution in [-0.4, -0.2) is 6.04 Å². The van der Waals surface area contributed by atoms with Crippen molar-refractivity contribution in [2.45, 2.75) is 13.0 Å². The summed E-state index contributed by atoms with van der Waals surface area (Å²) in [6, 6.07) is 0.660. The molecule has 1 nitrogen and oxygen atoms in total. The fraction of sp³-hybridized carbons (Fsp3) is 0.200. The second kappa shape index (κ2) is 4.05. The molecule has 1 N–H and O–H groups in total. The Kier molecular flexibility index (Phi) is 3.03. The average Bonchev–Trinajstić information content (AvgIpc) is 2.10. The molecule has 0 heterocycles. The van der Waals surface area contributed by atoms with Crippen molar-refractivity contribution in [3.63, 3.8) is 0 Å². The molecular weight excluding hydrogens is 191 g/mol. The molecule has 0 aliphatic heterocycles. The summed E-state index contributed by atoms with van der Waals surface area (Å²) in [5.41, 5.74) is -0.406. The molecule has 0 amide bonds. The minimum absolute atomic E-state index is 0.406. The van der Waals surface area contributed by atoms with Gasteiger partial charge in [0.25, 0.3) is 0 Å². The summed E-state index contributed by atoms with van der Waals surface area (Å²) in [6.07, 6.45) is 5.02. The van der Waals surface area contributed by atoms with Gasteiger partial charge in [-0.3, -0.25) is 0 Å². The van der Waals surface area contributed by atoms with Crippen LogP contribution in [0.3, 0.4) is 0 Å². The van der Waals surface area contributed by atoms with Crippen molar-refractivity contribution < 1.29 is 13.2 Å². The number of terminal acetylenes is 1. The SMILES string of the molecule is C#CC(C)Nc1c(F)cc(F)cc1F. The third kappa shape index (κ3) is 2.19. The standard InChI is InChI=1S/C10H8F3N/c1-3-6(2)14-10-8(12)4-7(11)5-9(10)13/h1,4-6,14H,2H3. The molecule has 4 heteroatoms. The summed E-state index contributed by atoms with van der Waals surface area (Å²) in [5.74, 6) is -0.707. The Bertz CT molecular complexity index is 358. The fourth-order valence-electron chi connectivity index (χ4n) is 0.938. The molecule has 0 radical (unpaired) electrons. The van der Waals surface area contributed by atoms with Crippen LogP contribution in [0.2, 0.25) is 0 Å². The lowest BCUT2D eigenvalue weighted by Gasteiger charge is -2.10. The molecule has 0 aliphatic rings. The molecule has 1 aromatic carbocycles. The Labute approximate surface area is 79.9 Å². The molecule has 1 atom stereocenters. The van der Waals surface area contributed by atoms with Crippen LogP contribution in [0.5, 0.6) is 0 Å². The van der Waals surface area contributed by atoms with Gasteiger partial charge in [-0.15, -0.1) is 6.42 Å². The number of nitrogens with one attached hydrogen (secondary N) is 1. The number of rotatable bonds is 2. The maximum atomic E-state index is 13.0. The van der Waals surface area contributed by atoms with Gasteiger partial charge in [0.1, 0.15) is 11.5 Å². The van der Waals surface area contributed by atoms with Crippen molar-refractivity contribution in [2.75, 3.05) is 5.32 Å². The van der Waals surface area contributed by atoms with Crippen LogP contribution in [0.4, 0.5) is 18.9 Å². The van der Waals surface area contributed by atoms with E-state index in [0.717, 1.165) is 0 Å². The van der Waals surface area contributed by atoms with Crippen LogP contribution in [0.15, 0.2) is 12.1 Å². The Morgan fingerprint density at radius 1 is 1.29 bits per heavy atom. The Morgan fingerprint density at radius 2 is 1.79 bits per heavy atom. The van der Waals surface area contributed by atoms with Crippen molar-refractivity contribution in [3.05, 3.63) is 29.6 Å². The van der Waals surface area contributed by atoms with Gasteiger partial charge in [-0.2, -0.15) is 0 Å². The maximum absolute atomic E-state index is 13.0. The average molecular weight is 199 g/mol. The zero-order valence-corrected chi connectivity index (χ0v) is 7.44.